The van der Waals surface area contributed by atoms with Gasteiger partial charge in [-0.2, -0.15) is 0 Å². The van der Waals surface area contributed by atoms with Crippen molar-refractivity contribution < 1.29 is 14.4 Å². The fourth-order valence-corrected chi connectivity index (χ4v) is 5.97. The van der Waals surface area contributed by atoms with Crippen LogP contribution in [0.2, 0.25) is 5.02 Å². The molecular formula is C22H29ClN4O3. The molecule has 4 N–H and O–H groups in total. The van der Waals surface area contributed by atoms with Crippen molar-refractivity contribution in [2.75, 3.05) is 18.4 Å². The van der Waals surface area contributed by atoms with E-state index in [-0.39, 0.29) is 42.9 Å². The molecule has 0 aliphatic heterocycles. The molecule has 0 heterocycles. The summed E-state index contributed by atoms with van der Waals surface area (Å²) >= 11 is 5.81. The number of anilines is 1. The van der Waals surface area contributed by atoms with E-state index >= 15 is 0 Å². The average molecular weight is 433 g/mol. The van der Waals surface area contributed by atoms with Crippen LogP contribution >= 0.6 is 11.6 Å². The van der Waals surface area contributed by atoms with Crippen LogP contribution in [-0.2, 0) is 9.59 Å². The fraction of sp³-hybridized carbons (Fsp3) is 0.591. The smallest absolute Gasteiger partial charge is 0.315 e. The van der Waals surface area contributed by atoms with Gasteiger partial charge in [-0.15, -0.1) is 0 Å². The van der Waals surface area contributed by atoms with Gasteiger partial charge >= 0.3 is 6.03 Å². The van der Waals surface area contributed by atoms with Crippen LogP contribution in [0.1, 0.15) is 44.9 Å². The molecule has 0 unspecified atom stereocenters. The summed E-state index contributed by atoms with van der Waals surface area (Å²) in [4.78, 5) is 36.2. The SMILES string of the molecule is O=C(CCNC(=O)NC12CC3CC(CC(C3)C1)C2)NCC(=O)Nc1ccc(Cl)cc1. The largest absolute Gasteiger partial charge is 0.347 e. The molecule has 30 heavy (non-hydrogen) atoms. The molecule has 1 aromatic carbocycles. The zero-order valence-corrected chi connectivity index (χ0v) is 17.8. The molecule has 5 rings (SSSR count). The van der Waals surface area contributed by atoms with E-state index in [0.717, 1.165) is 37.0 Å². The number of hydrogen-bond acceptors (Lipinski definition) is 3. The average Bonchev–Trinajstić information content (AvgIpc) is 2.67. The zero-order valence-electron chi connectivity index (χ0n) is 17.0. The minimum Gasteiger partial charge on any atom is -0.347 e. The van der Waals surface area contributed by atoms with Crippen molar-refractivity contribution in [3.8, 4) is 0 Å². The van der Waals surface area contributed by atoms with Crippen molar-refractivity contribution in [1.82, 2.24) is 16.0 Å². The van der Waals surface area contributed by atoms with Crippen LogP contribution in [0.3, 0.4) is 0 Å². The Kier molecular flexibility index (Phi) is 6.18. The lowest BCUT2D eigenvalue weighted by Gasteiger charge is -2.56. The summed E-state index contributed by atoms with van der Waals surface area (Å²) in [5, 5.41) is 11.9. The second-order valence-electron chi connectivity index (χ2n) is 9.16. The Morgan fingerprint density at radius 2 is 1.50 bits per heavy atom. The third kappa shape index (κ3) is 5.25. The summed E-state index contributed by atoms with van der Waals surface area (Å²) in [5.74, 6) is 1.69. The molecule has 8 heteroatoms. The minimum absolute atomic E-state index is 0.0408. The molecule has 0 saturated heterocycles. The van der Waals surface area contributed by atoms with E-state index in [1.54, 1.807) is 24.3 Å². The highest BCUT2D eigenvalue weighted by Gasteiger charge is 2.51. The number of halogens is 1. The first-order valence-electron chi connectivity index (χ1n) is 10.8. The molecule has 0 aromatic heterocycles. The predicted octanol–water partition coefficient (Wildman–Crippen LogP) is 3.05. The summed E-state index contributed by atoms with van der Waals surface area (Å²) in [6.45, 7) is 0.115. The summed E-state index contributed by atoms with van der Waals surface area (Å²) in [6, 6.07) is 6.54. The standard InChI is InChI=1S/C22H29ClN4O3/c23-17-1-3-18(4-2-17)26-20(29)13-25-19(28)5-6-24-21(30)27-22-10-14-7-15(11-22)9-16(8-14)12-22/h1-4,14-16H,5-13H2,(H,25,28)(H,26,29)(H2,24,27,30). The normalized spacial score (nSPS) is 28.6. The van der Waals surface area contributed by atoms with Crippen LogP contribution in [0.25, 0.3) is 0 Å². The van der Waals surface area contributed by atoms with Crippen LogP contribution in [-0.4, -0.2) is 36.5 Å². The fourth-order valence-electron chi connectivity index (χ4n) is 5.84. The molecule has 162 valence electrons. The molecule has 0 radical (unpaired) electrons. The molecule has 4 saturated carbocycles. The van der Waals surface area contributed by atoms with Crippen molar-refractivity contribution in [3.63, 3.8) is 0 Å². The van der Waals surface area contributed by atoms with Gasteiger partial charge in [-0.3, -0.25) is 9.59 Å². The Morgan fingerprint density at radius 1 is 0.900 bits per heavy atom. The van der Waals surface area contributed by atoms with Gasteiger partial charge in [0.2, 0.25) is 11.8 Å². The second-order valence-corrected chi connectivity index (χ2v) is 9.60. The quantitative estimate of drug-likeness (QED) is 0.532. The Labute approximate surface area is 181 Å². The maximum absolute atomic E-state index is 12.4. The summed E-state index contributed by atoms with van der Waals surface area (Å²) in [6.07, 6.45) is 7.39. The van der Waals surface area contributed by atoms with E-state index in [0.29, 0.717) is 10.7 Å². The highest BCUT2D eigenvalue weighted by molar-refractivity contribution is 6.30. The second kappa shape index (κ2) is 8.84. The molecule has 4 amide bonds. The molecular weight excluding hydrogens is 404 g/mol. The minimum atomic E-state index is -0.321. The van der Waals surface area contributed by atoms with Gasteiger partial charge in [-0.25, -0.2) is 4.79 Å². The molecule has 4 aliphatic carbocycles. The number of nitrogens with one attached hydrogen (secondary N) is 4. The predicted molar refractivity (Wildman–Crippen MR) is 115 cm³/mol. The van der Waals surface area contributed by atoms with Gasteiger partial charge in [0.15, 0.2) is 0 Å². The number of benzene rings is 1. The number of rotatable bonds is 7. The van der Waals surface area contributed by atoms with Gasteiger partial charge in [-0.1, -0.05) is 11.6 Å². The van der Waals surface area contributed by atoms with Crippen LogP contribution in [0.4, 0.5) is 10.5 Å². The van der Waals surface area contributed by atoms with Crippen LogP contribution in [0.15, 0.2) is 24.3 Å². The van der Waals surface area contributed by atoms with E-state index in [1.807, 2.05) is 0 Å². The number of amides is 4. The molecule has 0 atom stereocenters. The third-order valence-corrected chi connectivity index (χ3v) is 6.88. The third-order valence-electron chi connectivity index (χ3n) is 6.63. The maximum Gasteiger partial charge on any atom is 0.315 e. The van der Waals surface area contributed by atoms with Gasteiger partial charge in [0.05, 0.1) is 6.54 Å². The highest BCUT2D eigenvalue weighted by Crippen LogP contribution is 2.55. The number of urea groups is 1. The maximum atomic E-state index is 12.4. The van der Waals surface area contributed by atoms with Gasteiger partial charge in [-0.05, 0) is 80.5 Å². The Balaban J connectivity index is 1.12. The summed E-state index contributed by atoms with van der Waals surface area (Å²) < 4.78 is 0. The van der Waals surface area contributed by atoms with E-state index < -0.39 is 0 Å². The molecule has 4 bridgehead atoms. The van der Waals surface area contributed by atoms with Crippen molar-refractivity contribution in [2.24, 2.45) is 17.8 Å². The van der Waals surface area contributed by atoms with Gasteiger partial charge < -0.3 is 21.3 Å². The number of hydrogen-bond donors (Lipinski definition) is 4. The van der Waals surface area contributed by atoms with Crippen molar-refractivity contribution in [1.29, 1.82) is 0 Å². The van der Waals surface area contributed by atoms with Crippen molar-refractivity contribution >= 4 is 35.1 Å². The highest BCUT2D eigenvalue weighted by atomic mass is 35.5. The topological polar surface area (TPSA) is 99.3 Å². The first kappa shape index (κ1) is 21.0. The molecule has 1 aromatic rings. The van der Waals surface area contributed by atoms with Crippen LogP contribution in [0, 0.1) is 17.8 Å². The first-order valence-corrected chi connectivity index (χ1v) is 11.1. The number of carbonyl (C=O) groups is 3. The lowest BCUT2D eigenvalue weighted by molar-refractivity contribution is -0.124. The molecule has 4 fully saturated rings. The lowest BCUT2D eigenvalue weighted by Crippen LogP contribution is -2.61. The van der Waals surface area contributed by atoms with Gasteiger partial charge in [0, 0.05) is 29.2 Å². The molecule has 7 nitrogen and oxygen atoms in total. The molecule has 4 aliphatic rings. The monoisotopic (exact) mass is 432 g/mol. The van der Waals surface area contributed by atoms with Crippen molar-refractivity contribution in [3.05, 3.63) is 29.3 Å². The van der Waals surface area contributed by atoms with Crippen LogP contribution in [0.5, 0.6) is 0 Å². The summed E-state index contributed by atoms with van der Waals surface area (Å²) in [5.41, 5.74) is 0.572. The zero-order chi connectivity index (χ0) is 21.1. The Hall–Kier alpha value is -2.28. The number of carbonyl (C=O) groups excluding carboxylic acids is 3. The van der Waals surface area contributed by atoms with Crippen molar-refractivity contribution in [2.45, 2.75) is 50.5 Å². The van der Waals surface area contributed by atoms with Gasteiger partial charge in [0.1, 0.15) is 0 Å². The Morgan fingerprint density at radius 3 is 2.10 bits per heavy atom. The van der Waals surface area contributed by atoms with E-state index in [2.05, 4.69) is 21.3 Å². The lowest BCUT2D eigenvalue weighted by atomic mass is 9.53. The van der Waals surface area contributed by atoms with Crippen LogP contribution < -0.4 is 21.3 Å². The van der Waals surface area contributed by atoms with E-state index in [1.165, 1.54) is 19.3 Å². The first-order chi connectivity index (χ1) is 14.4. The van der Waals surface area contributed by atoms with E-state index in [9.17, 15) is 14.4 Å². The molecule has 0 spiro atoms. The Bertz CT molecular complexity index is 776. The van der Waals surface area contributed by atoms with E-state index in [4.69, 9.17) is 11.6 Å². The summed E-state index contributed by atoms with van der Waals surface area (Å²) in [7, 11) is 0. The van der Waals surface area contributed by atoms with Gasteiger partial charge in [0.25, 0.3) is 0 Å².